The monoisotopic (exact) mass is 272 g/mol. The van der Waals surface area contributed by atoms with Crippen LogP contribution in [0.4, 0.5) is 0 Å². The normalized spacial score (nSPS) is 21.5. The van der Waals surface area contributed by atoms with Gasteiger partial charge < -0.3 is 28.9 Å². The van der Waals surface area contributed by atoms with Crippen LogP contribution in [-0.4, -0.2) is 15.6 Å². The minimum Gasteiger partial charge on any atom is -0.776 e. The topological polar surface area (TPSA) is 130 Å². The van der Waals surface area contributed by atoms with Gasteiger partial charge in [0.15, 0.2) is 13.2 Å². The molecule has 0 aromatic heterocycles. The third kappa shape index (κ3) is 4.96. The Hall–Kier alpha value is 0.359. The van der Waals surface area contributed by atoms with Crippen molar-refractivity contribution in [2.75, 3.05) is 0 Å². The van der Waals surface area contributed by atoms with E-state index in [1.165, 1.54) is 0 Å². The maximum Gasteiger partial charge on any atom is 2.00 e. The molecule has 0 aliphatic carbocycles. The zero-order valence-electron chi connectivity index (χ0n) is 6.05. The second-order valence-corrected chi connectivity index (χ2v) is 5.53. The van der Waals surface area contributed by atoms with Crippen LogP contribution in [-0.2, 0) is 30.7 Å². The maximum absolute atomic E-state index is 10.5. The average molecular weight is 272 g/mol. The number of hydrogen-bond acceptors (Lipinski definition) is 6. The summed E-state index contributed by atoms with van der Waals surface area (Å²) in [5, 5.41) is 8.47. The summed E-state index contributed by atoms with van der Waals surface area (Å²) in [7, 11) is -10.4. The molecular formula is C3H6FeO7P2. The Morgan fingerprint density at radius 3 is 2.08 bits per heavy atom. The van der Waals surface area contributed by atoms with Gasteiger partial charge in [0, 0.05) is 0 Å². The third-order valence-corrected chi connectivity index (χ3v) is 4.11. The molecule has 0 heterocycles. The van der Waals surface area contributed by atoms with Crippen LogP contribution in [0.2, 0.25) is 0 Å². The fourth-order valence-electron chi connectivity index (χ4n) is 0.337. The SMILES string of the molecule is C=COP(=O)([O-])C(O)P(=O)([O-])O.[Fe+2]. The molecule has 0 rings (SSSR count). The number of hydrogen-bond donors (Lipinski definition) is 2. The molecule has 7 nitrogen and oxygen atoms in total. The summed E-state index contributed by atoms with van der Waals surface area (Å²) in [4.78, 5) is 28.7. The van der Waals surface area contributed by atoms with Crippen molar-refractivity contribution >= 4 is 15.2 Å². The quantitative estimate of drug-likeness (QED) is 0.362. The van der Waals surface area contributed by atoms with E-state index in [1.54, 1.807) is 0 Å². The summed E-state index contributed by atoms with van der Waals surface area (Å²) in [6, 6.07) is 0. The molecule has 0 amide bonds. The number of aliphatic hydroxyl groups is 1. The van der Waals surface area contributed by atoms with Crippen LogP contribution in [0.15, 0.2) is 12.8 Å². The van der Waals surface area contributed by atoms with Crippen molar-refractivity contribution in [1.82, 2.24) is 0 Å². The van der Waals surface area contributed by atoms with E-state index < -0.39 is 20.8 Å². The van der Waals surface area contributed by atoms with Gasteiger partial charge in [-0.1, -0.05) is 6.58 Å². The van der Waals surface area contributed by atoms with Crippen molar-refractivity contribution in [2.24, 2.45) is 0 Å². The van der Waals surface area contributed by atoms with Gasteiger partial charge in [0.25, 0.3) is 0 Å². The van der Waals surface area contributed by atoms with E-state index in [4.69, 9.17) is 10.00 Å². The molecule has 0 spiro atoms. The Kier molecular flexibility index (Phi) is 6.44. The minimum absolute atomic E-state index is 0. The molecule has 0 fully saturated rings. The van der Waals surface area contributed by atoms with Gasteiger partial charge in [0.2, 0.25) is 7.60 Å². The summed E-state index contributed by atoms with van der Waals surface area (Å²) < 4.78 is 24.3. The van der Waals surface area contributed by atoms with Crippen molar-refractivity contribution in [2.45, 2.75) is 5.59 Å². The number of rotatable bonds is 4. The van der Waals surface area contributed by atoms with E-state index in [0.717, 1.165) is 0 Å². The molecule has 0 aliphatic heterocycles. The van der Waals surface area contributed by atoms with Crippen LogP contribution in [0.1, 0.15) is 0 Å². The molecule has 10 heteroatoms. The van der Waals surface area contributed by atoms with Gasteiger partial charge in [-0.3, -0.25) is 4.57 Å². The Balaban J connectivity index is 0. The predicted octanol–water partition coefficient (Wildman–Crippen LogP) is -1.48. The number of aliphatic hydroxyl groups excluding tert-OH is 1. The Bertz CT molecular complexity index is 258. The van der Waals surface area contributed by atoms with Gasteiger partial charge in [0.1, 0.15) is 0 Å². The van der Waals surface area contributed by atoms with Crippen LogP contribution in [0.5, 0.6) is 0 Å². The molecule has 0 bridgehead atoms. The smallest absolute Gasteiger partial charge is 0.776 e. The first-order valence-corrected chi connectivity index (χ1v) is 5.79. The van der Waals surface area contributed by atoms with Crippen LogP contribution in [0, 0.1) is 0 Å². The minimum atomic E-state index is -5.35. The van der Waals surface area contributed by atoms with Crippen molar-refractivity contribution in [3.8, 4) is 0 Å². The van der Waals surface area contributed by atoms with Gasteiger partial charge in [-0.05, 0) is 0 Å². The summed E-state index contributed by atoms with van der Waals surface area (Å²) in [6.07, 6.45) is 0.423. The van der Waals surface area contributed by atoms with Gasteiger partial charge in [-0.25, -0.2) is 0 Å². The van der Waals surface area contributed by atoms with Crippen LogP contribution in [0.3, 0.4) is 0 Å². The molecular weight excluding hydrogens is 266 g/mol. The summed E-state index contributed by atoms with van der Waals surface area (Å²) in [6.45, 7) is 2.83. The molecule has 0 radical (unpaired) electrons. The van der Waals surface area contributed by atoms with E-state index in [9.17, 15) is 18.9 Å². The van der Waals surface area contributed by atoms with Crippen molar-refractivity contribution < 1.29 is 50.5 Å². The van der Waals surface area contributed by atoms with Crippen molar-refractivity contribution in [3.63, 3.8) is 0 Å². The Morgan fingerprint density at radius 2 is 1.85 bits per heavy atom. The zero-order chi connectivity index (χ0) is 9.99. The summed E-state index contributed by atoms with van der Waals surface area (Å²) >= 11 is 0. The first kappa shape index (κ1) is 15.8. The standard InChI is InChI=1S/C3H8O7P2.Fe/c1-2-10-12(8,9)3(4)11(5,6)7;/h2-4H,1H2,(H,8,9)(H2,5,6,7);/q;+2/p-2. The Labute approximate surface area is 84.6 Å². The molecule has 78 valence electrons. The summed E-state index contributed by atoms with van der Waals surface area (Å²) in [5.74, 6) is 0. The van der Waals surface area contributed by atoms with Crippen LogP contribution >= 0.6 is 15.2 Å². The molecule has 0 aliphatic rings. The fourth-order valence-corrected chi connectivity index (χ4v) is 2.25. The molecule has 0 aromatic rings. The molecule has 3 atom stereocenters. The van der Waals surface area contributed by atoms with E-state index in [0.29, 0.717) is 6.26 Å². The van der Waals surface area contributed by atoms with E-state index in [-0.39, 0.29) is 17.1 Å². The second-order valence-electron chi connectivity index (χ2n) is 1.72. The molecule has 13 heavy (non-hydrogen) atoms. The first-order chi connectivity index (χ1) is 5.22. The van der Waals surface area contributed by atoms with Crippen LogP contribution < -0.4 is 9.79 Å². The molecule has 2 N–H and O–H groups in total. The van der Waals surface area contributed by atoms with Crippen molar-refractivity contribution in [3.05, 3.63) is 12.8 Å². The van der Waals surface area contributed by atoms with Gasteiger partial charge in [-0.2, -0.15) is 0 Å². The molecule has 0 saturated carbocycles. The van der Waals surface area contributed by atoms with E-state index in [2.05, 4.69) is 11.1 Å². The van der Waals surface area contributed by atoms with Crippen LogP contribution in [0.25, 0.3) is 0 Å². The van der Waals surface area contributed by atoms with Gasteiger partial charge >= 0.3 is 17.1 Å². The largest absolute Gasteiger partial charge is 2.00 e. The second kappa shape index (κ2) is 5.29. The molecule has 3 unspecified atom stereocenters. The molecule has 0 aromatic carbocycles. The zero-order valence-corrected chi connectivity index (χ0v) is 8.94. The Morgan fingerprint density at radius 1 is 1.46 bits per heavy atom. The first-order valence-electron chi connectivity index (χ1n) is 2.53. The van der Waals surface area contributed by atoms with Gasteiger partial charge in [0.05, 0.1) is 6.26 Å². The fraction of sp³-hybridized carbons (Fsp3) is 0.333. The third-order valence-electron chi connectivity index (χ3n) is 0.796. The van der Waals surface area contributed by atoms with E-state index in [1.807, 2.05) is 0 Å². The molecule has 0 saturated heterocycles. The summed E-state index contributed by atoms with van der Waals surface area (Å²) in [5.41, 5.74) is -2.96. The van der Waals surface area contributed by atoms with E-state index >= 15 is 0 Å². The maximum atomic E-state index is 10.5. The van der Waals surface area contributed by atoms with Crippen molar-refractivity contribution in [1.29, 1.82) is 0 Å². The average Bonchev–Trinajstić information content (AvgIpc) is 1.84. The predicted molar refractivity (Wildman–Crippen MR) is 34.7 cm³/mol. The van der Waals surface area contributed by atoms with Gasteiger partial charge in [-0.15, -0.1) is 0 Å².